The zero-order valence-corrected chi connectivity index (χ0v) is 11.6. The van der Waals surface area contributed by atoms with E-state index < -0.39 is 11.7 Å². The first-order valence-corrected chi connectivity index (χ1v) is 6.81. The van der Waals surface area contributed by atoms with Crippen molar-refractivity contribution in [2.24, 2.45) is 0 Å². The van der Waals surface area contributed by atoms with Crippen molar-refractivity contribution < 1.29 is 13.2 Å². The molecule has 0 aliphatic rings. The Hall–Kier alpha value is -2.56. The molecule has 0 N–H and O–H groups in total. The minimum absolute atomic E-state index is 0.576. The van der Waals surface area contributed by atoms with Crippen LogP contribution in [0.2, 0.25) is 0 Å². The lowest BCUT2D eigenvalue weighted by molar-refractivity contribution is -0.137. The van der Waals surface area contributed by atoms with Gasteiger partial charge in [-0.05, 0) is 36.6 Å². The lowest BCUT2D eigenvalue weighted by Crippen LogP contribution is -2.04. The summed E-state index contributed by atoms with van der Waals surface area (Å²) >= 11 is 0. The highest BCUT2D eigenvalue weighted by atomic mass is 19.4. The van der Waals surface area contributed by atoms with Gasteiger partial charge in [-0.1, -0.05) is 17.7 Å². The maximum atomic E-state index is 13.0. The Balaban J connectivity index is 2.27. The van der Waals surface area contributed by atoms with Crippen molar-refractivity contribution in [3.05, 3.63) is 59.9 Å². The lowest BCUT2D eigenvalue weighted by Gasteiger charge is -2.12. The highest BCUT2D eigenvalue weighted by Crippen LogP contribution is 2.35. The number of fused-ring (bicyclic) bond motifs is 6. The van der Waals surface area contributed by atoms with Gasteiger partial charge in [0.25, 0.3) is 0 Å². The van der Waals surface area contributed by atoms with E-state index in [4.69, 9.17) is 0 Å². The molecular formula is C17H11F3N2. The van der Waals surface area contributed by atoms with E-state index in [9.17, 15) is 13.2 Å². The third-order valence-corrected chi connectivity index (χ3v) is 3.93. The summed E-state index contributed by atoms with van der Waals surface area (Å²) in [5, 5.41) is 2.09. The molecule has 2 aromatic carbocycles. The average Bonchev–Trinajstić information content (AvgIpc) is 2.95. The van der Waals surface area contributed by atoms with E-state index in [0.717, 1.165) is 27.9 Å². The van der Waals surface area contributed by atoms with Crippen LogP contribution in [0.15, 0.2) is 48.8 Å². The molecular weight excluding hydrogens is 289 g/mol. The van der Waals surface area contributed by atoms with Crippen molar-refractivity contribution in [2.45, 2.75) is 13.1 Å². The van der Waals surface area contributed by atoms with Gasteiger partial charge in [-0.15, -0.1) is 0 Å². The zero-order valence-electron chi connectivity index (χ0n) is 11.6. The number of nitrogens with zero attached hydrogens (tertiary/aromatic N) is 2. The van der Waals surface area contributed by atoms with E-state index in [2.05, 4.69) is 4.98 Å². The fourth-order valence-corrected chi connectivity index (χ4v) is 2.91. The molecule has 0 aliphatic heterocycles. The first-order chi connectivity index (χ1) is 10.4. The molecule has 2 aromatic heterocycles. The van der Waals surface area contributed by atoms with Gasteiger partial charge in [0.2, 0.25) is 0 Å². The first-order valence-electron chi connectivity index (χ1n) is 6.81. The van der Waals surface area contributed by atoms with Gasteiger partial charge in [-0.2, -0.15) is 13.2 Å². The number of hydrogen-bond acceptors (Lipinski definition) is 1. The summed E-state index contributed by atoms with van der Waals surface area (Å²) in [5.41, 5.74) is 1.88. The molecule has 0 unspecified atom stereocenters. The molecule has 0 spiro atoms. The van der Waals surface area contributed by atoms with Gasteiger partial charge in [0.15, 0.2) is 0 Å². The van der Waals surface area contributed by atoms with E-state index in [-0.39, 0.29) is 0 Å². The molecule has 0 saturated carbocycles. The van der Waals surface area contributed by atoms with Gasteiger partial charge in [0, 0.05) is 23.2 Å². The van der Waals surface area contributed by atoms with Crippen LogP contribution in [0, 0.1) is 6.92 Å². The fraction of sp³-hybridized carbons (Fsp3) is 0.118. The quantitative estimate of drug-likeness (QED) is 0.419. The molecule has 2 heterocycles. The fourth-order valence-electron chi connectivity index (χ4n) is 2.91. The van der Waals surface area contributed by atoms with E-state index in [1.54, 1.807) is 6.20 Å². The maximum absolute atomic E-state index is 13.0. The van der Waals surface area contributed by atoms with E-state index in [1.165, 1.54) is 12.1 Å². The molecule has 110 valence electrons. The Morgan fingerprint density at radius 1 is 0.955 bits per heavy atom. The van der Waals surface area contributed by atoms with E-state index in [1.807, 2.05) is 35.7 Å². The largest absolute Gasteiger partial charge is 0.416 e. The van der Waals surface area contributed by atoms with Gasteiger partial charge < -0.3 is 0 Å². The standard InChI is InChI=1S/C17H11F3N2/c1-10-2-5-15-14(8-10)13-9-11(17(18,19)20)3-4-12(13)16-21-6-7-22(15)16/h2-9H,1H3. The summed E-state index contributed by atoms with van der Waals surface area (Å²) in [7, 11) is 0. The number of aryl methyl sites for hydroxylation is 1. The van der Waals surface area contributed by atoms with Crippen LogP contribution in [0.4, 0.5) is 13.2 Å². The molecule has 0 fully saturated rings. The van der Waals surface area contributed by atoms with Gasteiger partial charge in [-0.3, -0.25) is 4.40 Å². The molecule has 0 atom stereocenters. The highest BCUT2D eigenvalue weighted by Gasteiger charge is 2.30. The zero-order chi connectivity index (χ0) is 15.5. The van der Waals surface area contributed by atoms with Crippen LogP contribution >= 0.6 is 0 Å². The van der Waals surface area contributed by atoms with Crippen LogP contribution in [0.3, 0.4) is 0 Å². The average molecular weight is 300 g/mol. The number of benzene rings is 2. The smallest absolute Gasteiger partial charge is 0.299 e. The van der Waals surface area contributed by atoms with Crippen molar-refractivity contribution in [2.75, 3.05) is 0 Å². The molecule has 0 radical (unpaired) electrons. The predicted octanol–water partition coefficient (Wildman–Crippen LogP) is 4.97. The molecule has 4 rings (SSSR count). The van der Waals surface area contributed by atoms with Gasteiger partial charge in [-0.25, -0.2) is 4.98 Å². The topological polar surface area (TPSA) is 17.3 Å². The summed E-state index contributed by atoms with van der Waals surface area (Å²) in [6.07, 6.45) is -0.873. The molecule has 0 amide bonds. The van der Waals surface area contributed by atoms with Crippen LogP contribution in [0.25, 0.3) is 27.3 Å². The van der Waals surface area contributed by atoms with Gasteiger partial charge in [0.05, 0.1) is 11.1 Å². The molecule has 2 nitrogen and oxygen atoms in total. The second kappa shape index (κ2) is 4.22. The number of imidazole rings is 1. The van der Waals surface area contributed by atoms with Crippen molar-refractivity contribution in [3.63, 3.8) is 0 Å². The molecule has 0 aliphatic carbocycles. The summed E-state index contributed by atoms with van der Waals surface area (Å²) in [6.45, 7) is 1.93. The minimum Gasteiger partial charge on any atom is -0.299 e. The molecule has 0 saturated heterocycles. The van der Waals surface area contributed by atoms with Crippen LogP contribution in [-0.2, 0) is 6.18 Å². The summed E-state index contributed by atoms with van der Waals surface area (Å²) in [4.78, 5) is 4.29. The van der Waals surface area contributed by atoms with Gasteiger partial charge in [0.1, 0.15) is 5.65 Å². The predicted molar refractivity (Wildman–Crippen MR) is 79.9 cm³/mol. The van der Waals surface area contributed by atoms with Crippen LogP contribution in [0.1, 0.15) is 11.1 Å². The summed E-state index contributed by atoms with van der Waals surface area (Å²) in [6, 6.07) is 9.60. The van der Waals surface area contributed by atoms with Crippen molar-refractivity contribution in [1.29, 1.82) is 0 Å². The SMILES string of the molecule is Cc1ccc2c(c1)c1cc(C(F)(F)F)ccc1c1nccn21. The second-order valence-corrected chi connectivity index (χ2v) is 5.40. The normalized spacial score (nSPS) is 12.5. The first kappa shape index (κ1) is 13.1. The molecule has 5 heteroatoms. The maximum Gasteiger partial charge on any atom is 0.416 e. The molecule has 4 aromatic rings. The number of hydrogen-bond donors (Lipinski definition) is 0. The number of halogens is 3. The van der Waals surface area contributed by atoms with Crippen molar-refractivity contribution in [1.82, 2.24) is 9.38 Å². The van der Waals surface area contributed by atoms with Crippen LogP contribution < -0.4 is 0 Å². The Morgan fingerprint density at radius 2 is 1.77 bits per heavy atom. The number of alkyl halides is 3. The Kier molecular flexibility index (Phi) is 2.52. The van der Waals surface area contributed by atoms with Gasteiger partial charge >= 0.3 is 6.18 Å². The molecule has 0 bridgehead atoms. The third-order valence-electron chi connectivity index (χ3n) is 3.93. The van der Waals surface area contributed by atoms with E-state index >= 15 is 0 Å². The minimum atomic E-state index is -4.36. The Labute approximate surface area is 123 Å². The van der Waals surface area contributed by atoms with E-state index in [0.29, 0.717) is 11.0 Å². The van der Waals surface area contributed by atoms with Crippen molar-refractivity contribution >= 4 is 27.3 Å². The summed E-state index contributed by atoms with van der Waals surface area (Å²) in [5.74, 6) is 0. The Bertz CT molecular complexity index is 1030. The van der Waals surface area contributed by atoms with Crippen molar-refractivity contribution in [3.8, 4) is 0 Å². The third kappa shape index (κ3) is 1.78. The molecule has 22 heavy (non-hydrogen) atoms. The lowest BCUT2D eigenvalue weighted by atomic mass is 10.0. The monoisotopic (exact) mass is 300 g/mol. The Morgan fingerprint density at radius 3 is 2.55 bits per heavy atom. The number of pyridine rings is 1. The number of rotatable bonds is 0. The number of aromatic nitrogens is 2. The van der Waals surface area contributed by atoms with Crippen LogP contribution in [-0.4, -0.2) is 9.38 Å². The highest BCUT2D eigenvalue weighted by molar-refractivity contribution is 6.12. The second-order valence-electron chi connectivity index (χ2n) is 5.40. The summed E-state index contributed by atoms with van der Waals surface area (Å²) < 4.78 is 41.0. The van der Waals surface area contributed by atoms with Crippen LogP contribution in [0.5, 0.6) is 0 Å².